The van der Waals surface area contributed by atoms with Crippen molar-refractivity contribution in [2.45, 2.75) is 70.4 Å². The summed E-state index contributed by atoms with van der Waals surface area (Å²) in [6.07, 6.45) is 5.70. The van der Waals surface area contributed by atoms with Crippen LogP contribution in [0.25, 0.3) is 0 Å². The highest BCUT2D eigenvalue weighted by Crippen LogP contribution is 2.45. The molecule has 4 aliphatic heterocycles. The van der Waals surface area contributed by atoms with Gasteiger partial charge in [0.15, 0.2) is 17.4 Å². The number of aromatic nitrogens is 2. The lowest BCUT2D eigenvalue weighted by atomic mass is 9.72. The van der Waals surface area contributed by atoms with E-state index in [4.69, 9.17) is 14.2 Å². The van der Waals surface area contributed by atoms with Crippen molar-refractivity contribution in [1.82, 2.24) is 29.2 Å². The highest BCUT2D eigenvalue weighted by molar-refractivity contribution is 7.87. The van der Waals surface area contributed by atoms with Gasteiger partial charge in [0, 0.05) is 37.5 Å². The summed E-state index contributed by atoms with van der Waals surface area (Å²) in [6, 6.07) is 3.23. The number of morpholine rings is 1. The highest BCUT2D eigenvalue weighted by atomic mass is 32.2. The van der Waals surface area contributed by atoms with E-state index in [1.54, 1.807) is 18.0 Å². The van der Waals surface area contributed by atoms with Crippen molar-refractivity contribution in [1.29, 1.82) is 0 Å². The van der Waals surface area contributed by atoms with Crippen LogP contribution in [0.3, 0.4) is 0 Å². The summed E-state index contributed by atoms with van der Waals surface area (Å²) in [5, 5.41) is 11.1. The molecule has 4 aliphatic rings. The molecule has 264 valence electrons. The summed E-state index contributed by atoms with van der Waals surface area (Å²) in [4.78, 5) is 28.4. The minimum Gasteiger partial charge on any atom is -0.451 e. The SMILES string of the molecule is CCNS(=O)(=O)N[C@@H]1CC[C@](O)(CN2CCC3(CC2)CN(c2ncncc2Oc2ccc(F)cc2C(=O)N2[C@H](C)COC[C@H]2C)C3)OC1. The maximum atomic E-state index is 14.4. The molecule has 1 aromatic carbocycles. The fraction of sp³-hybridized carbons (Fsp3) is 0.656. The van der Waals surface area contributed by atoms with Gasteiger partial charge in [-0.15, -0.1) is 0 Å². The Labute approximate surface area is 281 Å². The highest BCUT2D eigenvalue weighted by Gasteiger charge is 2.47. The Morgan fingerprint density at radius 3 is 2.52 bits per heavy atom. The number of aliphatic hydroxyl groups is 1. The van der Waals surface area contributed by atoms with Crippen molar-refractivity contribution in [3.8, 4) is 11.5 Å². The summed E-state index contributed by atoms with van der Waals surface area (Å²) in [7, 11) is -3.59. The van der Waals surface area contributed by atoms with E-state index in [-0.39, 0.29) is 47.4 Å². The number of β-amino-alcohol motifs (C(OH)–C–C–N with tert-alkyl or cyclic N) is 1. The number of anilines is 1. The molecule has 4 fully saturated rings. The molecule has 0 aliphatic carbocycles. The fourth-order valence-corrected chi connectivity index (χ4v) is 8.37. The Bertz CT molecular complexity index is 1550. The van der Waals surface area contributed by atoms with Gasteiger partial charge in [0.25, 0.3) is 16.1 Å². The second kappa shape index (κ2) is 14.1. The van der Waals surface area contributed by atoms with Gasteiger partial charge in [-0.3, -0.25) is 9.69 Å². The number of benzene rings is 1. The molecule has 16 heteroatoms. The van der Waals surface area contributed by atoms with Crippen molar-refractivity contribution in [3.63, 3.8) is 0 Å². The quantitative estimate of drug-likeness (QED) is 0.334. The number of nitrogens with zero attached hydrogens (tertiary/aromatic N) is 5. The van der Waals surface area contributed by atoms with Crippen LogP contribution >= 0.6 is 0 Å². The number of amides is 1. The number of ether oxygens (including phenoxy) is 3. The van der Waals surface area contributed by atoms with Crippen molar-refractivity contribution in [3.05, 3.63) is 42.1 Å². The van der Waals surface area contributed by atoms with E-state index in [0.717, 1.165) is 39.0 Å². The summed E-state index contributed by atoms with van der Waals surface area (Å²) in [5.41, 5.74) is 0.219. The summed E-state index contributed by atoms with van der Waals surface area (Å²) in [6.45, 7) is 10.2. The van der Waals surface area contributed by atoms with Crippen LogP contribution in [-0.4, -0.2) is 122 Å². The van der Waals surface area contributed by atoms with Gasteiger partial charge in [0.2, 0.25) is 0 Å². The maximum absolute atomic E-state index is 14.4. The number of nitrogens with one attached hydrogen (secondary N) is 2. The predicted molar refractivity (Wildman–Crippen MR) is 174 cm³/mol. The van der Waals surface area contributed by atoms with Gasteiger partial charge in [-0.25, -0.2) is 19.1 Å². The first-order chi connectivity index (χ1) is 22.9. The molecule has 6 rings (SSSR count). The van der Waals surface area contributed by atoms with Crippen molar-refractivity contribution in [2.24, 2.45) is 5.41 Å². The smallest absolute Gasteiger partial charge is 0.277 e. The van der Waals surface area contributed by atoms with Crippen LogP contribution in [0.5, 0.6) is 11.5 Å². The lowest BCUT2D eigenvalue weighted by Gasteiger charge is -2.55. The number of carbonyl (C=O) groups excluding carboxylic acids is 1. The largest absolute Gasteiger partial charge is 0.451 e. The molecule has 0 saturated carbocycles. The van der Waals surface area contributed by atoms with Crippen molar-refractivity contribution >= 4 is 21.9 Å². The Morgan fingerprint density at radius 1 is 1.12 bits per heavy atom. The zero-order chi connectivity index (χ0) is 34.1. The van der Waals surface area contributed by atoms with Crippen LogP contribution in [-0.2, 0) is 19.7 Å². The van der Waals surface area contributed by atoms with Gasteiger partial charge < -0.3 is 29.1 Å². The van der Waals surface area contributed by atoms with Gasteiger partial charge in [0.05, 0.1) is 50.2 Å². The Balaban J connectivity index is 1.04. The Kier molecular flexibility index (Phi) is 10.2. The van der Waals surface area contributed by atoms with E-state index < -0.39 is 21.8 Å². The van der Waals surface area contributed by atoms with E-state index in [1.807, 2.05) is 13.8 Å². The first-order valence-electron chi connectivity index (χ1n) is 16.7. The minimum atomic E-state index is -3.59. The summed E-state index contributed by atoms with van der Waals surface area (Å²) < 4.78 is 61.1. The molecule has 0 unspecified atom stereocenters. The van der Waals surface area contributed by atoms with E-state index >= 15 is 0 Å². The van der Waals surface area contributed by atoms with Gasteiger partial charge in [-0.2, -0.15) is 13.1 Å². The predicted octanol–water partition coefficient (Wildman–Crippen LogP) is 1.87. The zero-order valence-electron chi connectivity index (χ0n) is 27.7. The second-order valence-corrected chi connectivity index (χ2v) is 15.2. The molecule has 4 atom stereocenters. The number of piperidine rings is 1. The van der Waals surface area contributed by atoms with Gasteiger partial charge in [-0.1, -0.05) is 6.92 Å². The third kappa shape index (κ3) is 7.74. The fourth-order valence-electron chi connectivity index (χ4n) is 7.28. The molecule has 2 aromatic rings. The number of hydrogen-bond acceptors (Lipinski definition) is 11. The summed E-state index contributed by atoms with van der Waals surface area (Å²) >= 11 is 0. The first-order valence-corrected chi connectivity index (χ1v) is 18.1. The lowest BCUT2D eigenvalue weighted by Crippen LogP contribution is -2.62. The van der Waals surface area contributed by atoms with Crippen LogP contribution < -0.4 is 19.1 Å². The van der Waals surface area contributed by atoms with Crippen LogP contribution in [0, 0.1) is 11.2 Å². The minimum absolute atomic E-state index is 0.0873. The van der Waals surface area contributed by atoms with Crippen molar-refractivity contribution in [2.75, 3.05) is 64.0 Å². The zero-order valence-corrected chi connectivity index (χ0v) is 28.5. The van der Waals surface area contributed by atoms with E-state index in [0.29, 0.717) is 50.7 Å². The number of carbonyl (C=O) groups is 1. The Morgan fingerprint density at radius 2 is 1.85 bits per heavy atom. The van der Waals surface area contributed by atoms with Gasteiger partial charge >= 0.3 is 0 Å². The number of hydrogen-bond donors (Lipinski definition) is 3. The molecule has 4 saturated heterocycles. The monoisotopic (exact) mass is 691 g/mol. The molecule has 48 heavy (non-hydrogen) atoms. The van der Waals surface area contributed by atoms with Gasteiger partial charge in [0.1, 0.15) is 17.9 Å². The molecular formula is C32H46FN7O7S. The molecule has 0 radical (unpaired) electrons. The van der Waals surface area contributed by atoms with E-state index in [1.165, 1.54) is 24.5 Å². The first kappa shape index (κ1) is 34.9. The van der Waals surface area contributed by atoms with E-state index in [2.05, 4.69) is 29.2 Å². The Hall–Kier alpha value is -2.99. The third-order valence-corrected chi connectivity index (χ3v) is 11.1. The van der Waals surface area contributed by atoms with Gasteiger partial charge in [-0.05, 0) is 64.4 Å². The number of halogens is 1. The van der Waals surface area contributed by atoms with Crippen molar-refractivity contribution < 1.29 is 36.9 Å². The van der Waals surface area contributed by atoms with Crippen LogP contribution in [0.15, 0.2) is 30.7 Å². The van der Waals surface area contributed by atoms with Crippen LogP contribution in [0.4, 0.5) is 10.2 Å². The maximum Gasteiger partial charge on any atom is 0.277 e. The molecule has 3 N–H and O–H groups in total. The van der Waals surface area contributed by atoms with Crippen LogP contribution in [0.1, 0.15) is 56.8 Å². The molecule has 5 heterocycles. The number of likely N-dealkylation sites (tertiary alicyclic amines) is 1. The third-order valence-electron chi connectivity index (χ3n) is 9.79. The topological polar surface area (TPSA) is 159 Å². The molecule has 14 nitrogen and oxygen atoms in total. The lowest BCUT2D eigenvalue weighted by molar-refractivity contribution is -0.239. The number of rotatable bonds is 10. The molecule has 0 bridgehead atoms. The average Bonchev–Trinajstić information content (AvgIpc) is 3.02. The molecule has 1 amide bonds. The molecular weight excluding hydrogens is 645 g/mol. The van der Waals surface area contributed by atoms with Crippen LogP contribution in [0.2, 0.25) is 0 Å². The summed E-state index contributed by atoms with van der Waals surface area (Å²) in [5.74, 6) is -0.941. The second-order valence-electron chi connectivity index (χ2n) is 13.6. The normalized spacial score (nSPS) is 27.9. The average molecular weight is 692 g/mol. The standard InChI is InChI=1S/C32H46FN7O7S/c1-4-36-48(43,44)37-25-7-8-32(42,46-17-25)20-38-11-9-31(10-12-38)18-39(19-31)29-28(14-34-21-35-29)47-27-6-5-24(33)13-26(27)30(41)40-22(2)15-45-16-23(40)3/h5-6,13-14,21-23,25,36-37,42H,4,7-12,15-20H2,1-3H3/t22-,23-,25-,32-/m1/s1. The molecule has 1 aromatic heterocycles. The van der Waals surface area contributed by atoms with E-state index in [9.17, 15) is 22.7 Å². The molecule has 1 spiro atoms.